The van der Waals surface area contributed by atoms with E-state index in [1.54, 1.807) is 26.0 Å². The molecule has 1 atom stereocenters. The zero-order valence-corrected chi connectivity index (χ0v) is 16.1. The molecule has 1 saturated heterocycles. The number of hydrogen-bond donors (Lipinski definition) is 2. The predicted molar refractivity (Wildman–Crippen MR) is 100 cm³/mol. The average molecular weight is 400 g/mol. The number of likely N-dealkylation sites (tertiary alicyclic amines) is 1. The van der Waals surface area contributed by atoms with Gasteiger partial charge in [0.2, 0.25) is 11.8 Å². The molecule has 10 nitrogen and oxygen atoms in total. The van der Waals surface area contributed by atoms with Crippen molar-refractivity contribution in [1.29, 1.82) is 0 Å². The van der Waals surface area contributed by atoms with E-state index < -0.39 is 17.6 Å². The van der Waals surface area contributed by atoms with Gasteiger partial charge in [0, 0.05) is 27.7 Å². The van der Waals surface area contributed by atoms with Crippen LogP contribution in [0.5, 0.6) is 17.4 Å². The number of carbonyl (C=O) groups excluding carboxylic acids is 2. The molecular formula is C19H20N4O6. The highest BCUT2D eigenvalue weighted by molar-refractivity contribution is 5.94. The Kier molecular flexibility index (Phi) is 5.35. The minimum atomic E-state index is -1.36. The Labute approximate surface area is 166 Å². The van der Waals surface area contributed by atoms with Crippen LogP contribution in [0.15, 0.2) is 24.5 Å². The molecule has 2 amide bonds. The molecule has 1 fully saturated rings. The summed E-state index contributed by atoms with van der Waals surface area (Å²) in [6.45, 7) is 0.551. The number of ether oxygens (including phenoxy) is 1. The zero-order chi connectivity index (χ0) is 21.3. The molecule has 152 valence electrons. The first kappa shape index (κ1) is 20.1. The van der Waals surface area contributed by atoms with Gasteiger partial charge in [-0.2, -0.15) is 0 Å². The molecular weight excluding hydrogens is 380 g/mol. The Morgan fingerprint density at radius 2 is 1.97 bits per heavy atom. The van der Waals surface area contributed by atoms with Crippen molar-refractivity contribution in [3.63, 3.8) is 0 Å². The van der Waals surface area contributed by atoms with Crippen molar-refractivity contribution < 1.29 is 29.3 Å². The van der Waals surface area contributed by atoms with Gasteiger partial charge in [-0.1, -0.05) is 0 Å². The Hall–Kier alpha value is -3.69. The Morgan fingerprint density at radius 3 is 2.48 bits per heavy atom. The van der Waals surface area contributed by atoms with E-state index in [2.05, 4.69) is 9.97 Å². The van der Waals surface area contributed by atoms with Gasteiger partial charge < -0.3 is 24.7 Å². The highest BCUT2D eigenvalue weighted by Gasteiger charge is 2.32. The topological polar surface area (TPSA) is 133 Å². The number of nitrogens with zero attached hydrogens (tertiary/aromatic N) is 4. The van der Waals surface area contributed by atoms with Crippen LogP contribution in [0.4, 0.5) is 0 Å². The number of carboxylic acid groups (broad SMARTS) is 1. The first-order valence-electron chi connectivity index (χ1n) is 8.75. The van der Waals surface area contributed by atoms with Gasteiger partial charge in [-0.15, -0.1) is 0 Å². The molecule has 0 spiro atoms. The lowest BCUT2D eigenvalue weighted by atomic mass is 9.95. The second-order valence-electron chi connectivity index (χ2n) is 6.86. The molecule has 3 rings (SSSR count). The number of likely N-dealkylation sites (N-methyl/N-ethyl adjacent to an activating group) is 1. The minimum absolute atomic E-state index is 0.0426. The van der Waals surface area contributed by atoms with E-state index >= 15 is 0 Å². The second kappa shape index (κ2) is 7.74. The van der Waals surface area contributed by atoms with E-state index in [1.165, 1.54) is 29.4 Å². The first-order chi connectivity index (χ1) is 13.7. The molecule has 29 heavy (non-hydrogen) atoms. The molecule has 2 N–H and O–H groups in total. The van der Waals surface area contributed by atoms with Gasteiger partial charge in [0.05, 0.1) is 18.3 Å². The number of carboxylic acids is 1. The molecule has 10 heteroatoms. The largest absolute Gasteiger partial charge is 0.504 e. The summed E-state index contributed by atoms with van der Waals surface area (Å²) >= 11 is 0. The number of amides is 2. The molecule has 0 radical (unpaired) electrons. The van der Waals surface area contributed by atoms with Crippen LogP contribution in [0.2, 0.25) is 0 Å². The van der Waals surface area contributed by atoms with Gasteiger partial charge in [-0.3, -0.25) is 9.59 Å². The summed E-state index contributed by atoms with van der Waals surface area (Å²) < 4.78 is 5.52. The minimum Gasteiger partial charge on any atom is -0.504 e. The summed E-state index contributed by atoms with van der Waals surface area (Å²) in [5.41, 5.74) is 0.148. The first-order valence-corrected chi connectivity index (χ1v) is 8.75. The standard InChI is InChI=1S/C19H20N4O6/c1-22(2)18(26)13-8-21-15(9-20-13)29-14-7-10(6-12(16(14)24)19(27)28)11-4-5-23(3)17(11)25/h6-9,11,24H,4-5H2,1-3H3,(H,27,28)/t11-/m0/s1. The number of aromatic carboxylic acids is 1. The molecule has 0 unspecified atom stereocenters. The van der Waals surface area contributed by atoms with Gasteiger partial charge in [0.15, 0.2) is 11.5 Å². The Bertz CT molecular complexity index is 973. The second-order valence-corrected chi connectivity index (χ2v) is 6.86. The summed E-state index contributed by atoms with van der Waals surface area (Å²) in [6.07, 6.45) is 2.93. The Balaban J connectivity index is 1.95. The summed E-state index contributed by atoms with van der Waals surface area (Å²) in [5.74, 6) is -3.15. The molecule has 0 aliphatic carbocycles. The fraction of sp³-hybridized carbons (Fsp3) is 0.316. The van der Waals surface area contributed by atoms with Crippen molar-refractivity contribution >= 4 is 17.8 Å². The third-order valence-electron chi connectivity index (χ3n) is 4.63. The number of phenols is 1. The fourth-order valence-corrected chi connectivity index (χ4v) is 3.02. The van der Waals surface area contributed by atoms with Crippen molar-refractivity contribution in [2.24, 2.45) is 0 Å². The SMILES string of the molecule is CN(C)C(=O)c1cnc(Oc2cc([C@@H]3CCN(C)C3=O)cc(C(=O)O)c2O)cn1. The van der Waals surface area contributed by atoms with Crippen molar-refractivity contribution in [2.75, 3.05) is 27.7 Å². The maximum atomic E-state index is 12.3. The van der Waals surface area contributed by atoms with E-state index in [-0.39, 0.29) is 34.7 Å². The van der Waals surface area contributed by atoms with Crippen LogP contribution < -0.4 is 4.74 Å². The lowest BCUT2D eigenvalue weighted by molar-refractivity contribution is -0.127. The molecule has 2 heterocycles. The monoisotopic (exact) mass is 400 g/mol. The summed E-state index contributed by atoms with van der Waals surface area (Å²) in [4.78, 5) is 46.6. The van der Waals surface area contributed by atoms with Gasteiger partial charge in [0.25, 0.3) is 5.91 Å². The van der Waals surface area contributed by atoms with Crippen molar-refractivity contribution in [3.05, 3.63) is 41.3 Å². The van der Waals surface area contributed by atoms with Crippen LogP contribution in [-0.4, -0.2) is 75.5 Å². The lowest BCUT2D eigenvalue weighted by Gasteiger charge is -2.15. The van der Waals surface area contributed by atoms with Crippen molar-refractivity contribution in [3.8, 4) is 17.4 Å². The molecule has 1 aliphatic heterocycles. The molecule has 1 aliphatic rings. The van der Waals surface area contributed by atoms with Gasteiger partial charge in [-0.25, -0.2) is 14.8 Å². The predicted octanol–water partition coefficient (Wildman–Crippen LogP) is 1.32. The number of rotatable bonds is 5. The smallest absolute Gasteiger partial charge is 0.339 e. The van der Waals surface area contributed by atoms with Crippen LogP contribution >= 0.6 is 0 Å². The number of aromatic hydroxyl groups is 1. The van der Waals surface area contributed by atoms with Crippen LogP contribution in [0.25, 0.3) is 0 Å². The molecule has 1 aromatic carbocycles. The number of carbonyl (C=O) groups is 3. The quantitative estimate of drug-likeness (QED) is 0.768. The maximum absolute atomic E-state index is 12.3. The van der Waals surface area contributed by atoms with E-state index in [9.17, 15) is 24.6 Å². The lowest BCUT2D eigenvalue weighted by Crippen LogP contribution is -2.22. The average Bonchev–Trinajstić information content (AvgIpc) is 3.02. The van der Waals surface area contributed by atoms with E-state index in [0.717, 1.165) is 0 Å². The summed E-state index contributed by atoms with van der Waals surface area (Å²) in [6, 6.07) is 2.70. The molecule has 2 aromatic rings. The summed E-state index contributed by atoms with van der Waals surface area (Å²) in [7, 11) is 4.82. The third-order valence-corrected chi connectivity index (χ3v) is 4.63. The fourth-order valence-electron chi connectivity index (χ4n) is 3.02. The highest BCUT2D eigenvalue weighted by Crippen LogP contribution is 2.39. The van der Waals surface area contributed by atoms with Crippen LogP contribution in [0.1, 0.15) is 38.7 Å². The van der Waals surface area contributed by atoms with E-state index in [0.29, 0.717) is 18.5 Å². The van der Waals surface area contributed by atoms with Gasteiger partial charge >= 0.3 is 5.97 Å². The van der Waals surface area contributed by atoms with Gasteiger partial charge in [-0.05, 0) is 24.1 Å². The molecule has 1 aromatic heterocycles. The number of hydrogen-bond acceptors (Lipinski definition) is 7. The van der Waals surface area contributed by atoms with Crippen LogP contribution in [-0.2, 0) is 4.79 Å². The van der Waals surface area contributed by atoms with Crippen LogP contribution in [0.3, 0.4) is 0 Å². The van der Waals surface area contributed by atoms with Gasteiger partial charge in [0.1, 0.15) is 11.3 Å². The van der Waals surface area contributed by atoms with Crippen molar-refractivity contribution in [2.45, 2.75) is 12.3 Å². The normalized spacial score (nSPS) is 16.0. The van der Waals surface area contributed by atoms with E-state index in [4.69, 9.17) is 4.74 Å². The maximum Gasteiger partial charge on any atom is 0.339 e. The van der Waals surface area contributed by atoms with Crippen LogP contribution in [0, 0.1) is 0 Å². The summed E-state index contributed by atoms with van der Waals surface area (Å²) in [5, 5.41) is 19.7. The molecule has 0 bridgehead atoms. The third kappa shape index (κ3) is 3.96. The number of benzene rings is 1. The highest BCUT2D eigenvalue weighted by atomic mass is 16.5. The number of aromatic nitrogens is 2. The molecule has 0 saturated carbocycles. The van der Waals surface area contributed by atoms with Crippen molar-refractivity contribution in [1.82, 2.24) is 19.8 Å². The zero-order valence-electron chi connectivity index (χ0n) is 16.1. The van der Waals surface area contributed by atoms with E-state index in [1.807, 2.05) is 0 Å². The Morgan fingerprint density at radius 1 is 1.24 bits per heavy atom.